The van der Waals surface area contributed by atoms with Gasteiger partial charge in [0, 0.05) is 5.69 Å². The molecule has 2 N–H and O–H groups in total. The first-order valence-electron chi connectivity index (χ1n) is 9.03. The Balaban J connectivity index is 1.61. The van der Waals surface area contributed by atoms with Gasteiger partial charge in [0.15, 0.2) is 0 Å². The van der Waals surface area contributed by atoms with Crippen LogP contribution < -0.4 is 15.4 Å². The summed E-state index contributed by atoms with van der Waals surface area (Å²) in [5, 5.41) is 5.89. The van der Waals surface area contributed by atoms with Gasteiger partial charge in [0.05, 0.1) is 26.0 Å². The monoisotopic (exact) mass is 344 g/mol. The normalized spacial score (nSPS) is 10.6. The van der Waals surface area contributed by atoms with E-state index in [1.807, 2.05) is 36.4 Å². The molecule has 0 aliphatic carbocycles. The van der Waals surface area contributed by atoms with Crippen molar-refractivity contribution in [1.82, 2.24) is 5.32 Å². The predicted octanol–water partition coefficient (Wildman–Crippen LogP) is 4.36. The van der Waals surface area contributed by atoms with E-state index in [9.17, 15) is 4.79 Å². The Bertz CT molecular complexity index is 594. The second kappa shape index (κ2) is 11.3. The SMILES string of the molecule is CCCCCCCOc1ccc(NC(=O)CNCc2ccco2)cc1. The van der Waals surface area contributed by atoms with Crippen molar-refractivity contribution in [3.8, 4) is 5.75 Å². The van der Waals surface area contributed by atoms with Crippen LogP contribution in [0.15, 0.2) is 47.1 Å². The van der Waals surface area contributed by atoms with E-state index in [2.05, 4.69) is 17.6 Å². The lowest BCUT2D eigenvalue weighted by Gasteiger charge is -2.09. The highest BCUT2D eigenvalue weighted by Crippen LogP contribution is 2.16. The summed E-state index contributed by atoms with van der Waals surface area (Å²) >= 11 is 0. The van der Waals surface area contributed by atoms with Crippen molar-refractivity contribution in [2.45, 2.75) is 45.6 Å². The molecule has 0 aliphatic rings. The summed E-state index contributed by atoms with van der Waals surface area (Å²) in [4.78, 5) is 11.9. The molecule has 5 nitrogen and oxygen atoms in total. The Labute approximate surface area is 149 Å². The van der Waals surface area contributed by atoms with E-state index in [0.29, 0.717) is 6.54 Å². The minimum atomic E-state index is -0.0869. The Morgan fingerprint density at radius 3 is 2.60 bits per heavy atom. The van der Waals surface area contributed by atoms with Gasteiger partial charge in [-0.1, -0.05) is 32.6 Å². The number of amides is 1. The standard InChI is InChI=1S/C20H28N2O3/c1-2-3-4-5-6-13-24-18-11-9-17(10-12-18)22-20(23)16-21-15-19-8-7-14-25-19/h7-12,14,21H,2-6,13,15-16H2,1H3,(H,22,23). The molecule has 2 rings (SSSR count). The van der Waals surface area contributed by atoms with Gasteiger partial charge < -0.3 is 19.8 Å². The lowest BCUT2D eigenvalue weighted by Crippen LogP contribution is -2.27. The van der Waals surface area contributed by atoms with Gasteiger partial charge in [-0.25, -0.2) is 0 Å². The van der Waals surface area contributed by atoms with Crippen LogP contribution in [0, 0.1) is 0 Å². The molecule has 136 valence electrons. The van der Waals surface area contributed by atoms with Crippen LogP contribution in [0.4, 0.5) is 5.69 Å². The third kappa shape index (κ3) is 7.90. The number of carbonyl (C=O) groups excluding carboxylic acids is 1. The van der Waals surface area contributed by atoms with Crippen LogP contribution in [-0.4, -0.2) is 19.1 Å². The average Bonchev–Trinajstić information content (AvgIpc) is 3.13. The molecular weight excluding hydrogens is 316 g/mol. The smallest absolute Gasteiger partial charge is 0.238 e. The van der Waals surface area contributed by atoms with Gasteiger partial charge in [-0.2, -0.15) is 0 Å². The van der Waals surface area contributed by atoms with Crippen molar-refractivity contribution in [1.29, 1.82) is 0 Å². The first kappa shape index (κ1) is 19.1. The summed E-state index contributed by atoms with van der Waals surface area (Å²) in [7, 11) is 0. The zero-order valence-electron chi connectivity index (χ0n) is 14.9. The fourth-order valence-corrected chi connectivity index (χ4v) is 2.45. The maximum atomic E-state index is 11.9. The quantitative estimate of drug-likeness (QED) is 0.562. The van der Waals surface area contributed by atoms with Crippen LogP contribution in [0.3, 0.4) is 0 Å². The summed E-state index contributed by atoms with van der Waals surface area (Å²) < 4.78 is 10.9. The molecule has 2 aromatic rings. The fraction of sp³-hybridized carbons (Fsp3) is 0.450. The van der Waals surface area contributed by atoms with E-state index in [1.165, 1.54) is 25.7 Å². The van der Waals surface area contributed by atoms with Crippen molar-refractivity contribution in [3.05, 3.63) is 48.4 Å². The van der Waals surface area contributed by atoms with Crippen molar-refractivity contribution in [2.75, 3.05) is 18.5 Å². The molecule has 25 heavy (non-hydrogen) atoms. The van der Waals surface area contributed by atoms with Crippen molar-refractivity contribution in [2.24, 2.45) is 0 Å². The van der Waals surface area contributed by atoms with Crippen LogP contribution in [0.1, 0.15) is 44.8 Å². The molecule has 0 unspecified atom stereocenters. The molecule has 0 aliphatic heterocycles. The first-order valence-corrected chi connectivity index (χ1v) is 9.03. The predicted molar refractivity (Wildman–Crippen MR) is 99.7 cm³/mol. The highest BCUT2D eigenvalue weighted by atomic mass is 16.5. The van der Waals surface area contributed by atoms with E-state index in [0.717, 1.165) is 30.2 Å². The topological polar surface area (TPSA) is 63.5 Å². The largest absolute Gasteiger partial charge is 0.494 e. The maximum Gasteiger partial charge on any atom is 0.238 e. The van der Waals surface area contributed by atoms with Gasteiger partial charge in [-0.3, -0.25) is 4.79 Å². The second-order valence-electron chi connectivity index (χ2n) is 6.02. The van der Waals surface area contributed by atoms with Crippen LogP contribution in [0.2, 0.25) is 0 Å². The van der Waals surface area contributed by atoms with E-state index < -0.39 is 0 Å². The molecule has 0 atom stereocenters. The minimum Gasteiger partial charge on any atom is -0.494 e. The molecule has 1 aromatic heterocycles. The number of hydrogen-bond acceptors (Lipinski definition) is 4. The molecular formula is C20H28N2O3. The summed E-state index contributed by atoms with van der Waals surface area (Å²) in [6.07, 6.45) is 7.74. The van der Waals surface area contributed by atoms with Crippen molar-refractivity contribution >= 4 is 11.6 Å². The van der Waals surface area contributed by atoms with Gasteiger partial charge in [0.1, 0.15) is 11.5 Å². The van der Waals surface area contributed by atoms with Gasteiger partial charge in [0.2, 0.25) is 5.91 Å². The van der Waals surface area contributed by atoms with E-state index >= 15 is 0 Å². The molecule has 1 aromatic carbocycles. The van der Waals surface area contributed by atoms with Crippen LogP contribution in [0.25, 0.3) is 0 Å². The average molecular weight is 344 g/mol. The van der Waals surface area contributed by atoms with Gasteiger partial charge in [-0.15, -0.1) is 0 Å². The molecule has 1 heterocycles. The van der Waals surface area contributed by atoms with Crippen molar-refractivity contribution < 1.29 is 13.9 Å². The second-order valence-corrected chi connectivity index (χ2v) is 6.02. The highest BCUT2D eigenvalue weighted by Gasteiger charge is 2.03. The van der Waals surface area contributed by atoms with E-state index in [1.54, 1.807) is 6.26 Å². The third-order valence-corrected chi connectivity index (χ3v) is 3.82. The first-order chi connectivity index (χ1) is 12.3. The molecule has 0 saturated carbocycles. The zero-order valence-corrected chi connectivity index (χ0v) is 14.9. The molecule has 1 amide bonds. The third-order valence-electron chi connectivity index (χ3n) is 3.82. The molecule has 0 fully saturated rings. The summed E-state index contributed by atoms with van der Waals surface area (Å²) in [6, 6.07) is 11.2. The van der Waals surface area contributed by atoms with Crippen LogP contribution >= 0.6 is 0 Å². The lowest BCUT2D eigenvalue weighted by molar-refractivity contribution is -0.115. The molecule has 5 heteroatoms. The van der Waals surface area contributed by atoms with E-state index in [-0.39, 0.29) is 12.5 Å². The van der Waals surface area contributed by atoms with E-state index in [4.69, 9.17) is 9.15 Å². The molecule has 0 spiro atoms. The Hall–Kier alpha value is -2.27. The Morgan fingerprint density at radius 2 is 1.88 bits per heavy atom. The van der Waals surface area contributed by atoms with Gasteiger partial charge in [-0.05, 0) is 42.8 Å². The number of rotatable bonds is 12. The maximum absolute atomic E-state index is 11.9. The number of ether oxygens (including phenoxy) is 1. The number of carbonyl (C=O) groups is 1. The summed E-state index contributed by atoms with van der Waals surface area (Å²) in [5.41, 5.74) is 0.764. The number of hydrogen-bond donors (Lipinski definition) is 2. The fourth-order valence-electron chi connectivity index (χ4n) is 2.45. The summed E-state index contributed by atoms with van der Waals surface area (Å²) in [5.74, 6) is 1.56. The summed E-state index contributed by atoms with van der Waals surface area (Å²) in [6.45, 7) is 3.72. The Kier molecular flexibility index (Phi) is 8.63. The highest BCUT2D eigenvalue weighted by molar-refractivity contribution is 5.92. The molecule has 0 saturated heterocycles. The van der Waals surface area contributed by atoms with Crippen LogP contribution in [-0.2, 0) is 11.3 Å². The minimum absolute atomic E-state index is 0.0869. The van der Waals surface area contributed by atoms with Gasteiger partial charge in [0.25, 0.3) is 0 Å². The van der Waals surface area contributed by atoms with Crippen molar-refractivity contribution in [3.63, 3.8) is 0 Å². The zero-order chi connectivity index (χ0) is 17.7. The number of benzene rings is 1. The number of furan rings is 1. The molecule has 0 bridgehead atoms. The Morgan fingerprint density at radius 1 is 1.08 bits per heavy atom. The number of unbranched alkanes of at least 4 members (excludes halogenated alkanes) is 4. The van der Waals surface area contributed by atoms with Gasteiger partial charge >= 0.3 is 0 Å². The molecule has 0 radical (unpaired) electrons. The lowest BCUT2D eigenvalue weighted by atomic mass is 10.2. The number of anilines is 1. The van der Waals surface area contributed by atoms with Crippen LogP contribution in [0.5, 0.6) is 5.75 Å². The number of nitrogens with one attached hydrogen (secondary N) is 2.